The van der Waals surface area contributed by atoms with Crippen LogP contribution >= 0.6 is 11.3 Å². The van der Waals surface area contributed by atoms with Crippen molar-refractivity contribution in [2.75, 3.05) is 0 Å². The summed E-state index contributed by atoms with van der Waals surface area (Å²) in [5, 5.41) is 6.11. The van der Waals surface area contributed by atoms with E-state index in [9.17, 15) is 0 Å². The van der Waals surface area contributed by atoms with Crippen molar-refractivity contribution < 1.29 is 4.52 Å². The van der Waals surface area contributed by atoms with Gasteiger partial charge in [-0.1, -0.05) is 38.1 Å². The lowest BCUT2D eigenvalue weighted by molar-refractivity contribution is 0.456. The van der Waals surface area contributed by atoms with E-state index in [1.165, 1.54) is 20.8 Å². The fourth-order valence-corrected chi connectivity index (χ4v) is 4.09. The van der Waals surface area contributed by atoms with Gasteiger partial charge in [-0.05, 0) is 47.2 Å². The molecule has 0 radical (unpaired) electrons. The zero-order valence-electron chi connectivity index (χ0n) is 14.1. The summed E-state index contributed by atoms with van der Waals surface area (Å²) in [6.45, 7) is 6.69. The minimum atomic E-state index is 0.412. The monoisotopic (exact) mass is 336 g/mol. The van der Waals surface area contributed by atoms with Gasteiger partial charge < -0.3 is 4.52 Å². The highest BCUT2D eigenvalue weighted by atomic mass is 32.1. The number of hydrogen-bond acceptors (Lipinski definition) is 4. The molecule has 0 N–H and O–H groups in total. The Kier molecular flexibility index (Phi) is 3.85. The van der Waals surface area contributed by atoms with E-state index in [2.05, 4.69) is 56.3 Å². The Hall–Kier alpha value is -2.20. The number of hydrogen-bond donors (Lipinski definition) is 0. The van der Waals surface area contributed by atoms with Crippen molar-refractivity contribution in [3.63, 3.8) is 0 Å². The second-order valence-electron chi connectivity index (χ2n) is 6.72. The number of thiazole rings is 1. The molecule has 0 saturated carbocycles. The summed E-state index contributed by atoms with van der Waals surface area (Å²) in [6.07, 6.45) is 2.73. The highest BCUT2D eigenvalue weighted by Gasteiger charge is 2.13. The zero-order chi connectivity index (χ0) is 16.7. The first-order valence-corrected chi connectivity index (χ1v) is 9.15. The molecule has 2 aromatic heterocycles. The van der Waals surface area contributed by atoms with Crippen molar-refractivity contribution >= 4 is 32.5 Å². The van der Waals surface area contributed by atoms with E-state index in [4.69, 9.17) is 9.51 Å². The molecule has 0 spiro atoms. The van der Waals surface area contributed by atoms with Crippen LogP contribution in [0, 0.1) is 0 Å². The lowest BCUT2D eigenvalue weighted by Crippen LogP contribution is -1.97. The molecule has 0 amide bonds. The van der Waals surface area contributed by atoms with Crippen LogP contribution in [0.2, 0.25) is 0 Å². The van der Waals surface area contributed by atoms with Crippen molar-refractivity contribution in [3.05, 3.63) is 58.7 Å². The molecule has 4 heteroatoms. The summed E-state index contributed by atoms with van der Waals surface area (Å²) in [5.74, 6) is 0.947. The first-order valence-electron chi connectivity index (χ1n) is 8.34. The summed E-state index contributed by atoms with van der Waals surface area (Å²) in [7, 11) is 0. The third-order valence-electron chi connectivity index (χ3n) is 4.55. The van der Waals surface area contributed by atoms with Gasteiger partial charge in [0.15, 0.2) is 5.58 Å². The molecule has 0 aliphatic heterocycles. The largest absolute Gasteiger partial charge is 0.356 e. The molecule has 0 saturated heterocycles. The Balaban J connectivity index is 1.60. The predicted molar refractivity (Wildman–Crippen MR) is 99.8 cm³/mol. The smallest absolute Gasteiger partial charge is 0.166 e. The Labute approximate surface area is 145 Å². The molecule has 2 aromatic carbocycles. The lowest BCUT2D eigenvalue weighted by Gasteiger charge is -2.09. The van der Waals surface area contributed by atoms with Crippen LogP contribution in [0.15, 0.2) is 47.1 Å². The van der Waals surface area contributed by atoms with E-state index in [1.54, 1.807) is 17.5 Å². The van der Waals surface area contributed by atoms with Crippen molar-refractivity contribution in [1.82, 2.24) is 10.1 Å². The average molecular weight is 336 g/mol. The van der Waals surface area contributed by atoms with Gasteiger partial charge in [-0.2, -0.15) is 0 Å². The van der Waals surface area contributed by atoms with Gasteiger partial charge >= 0.3 is 0 Å². The van der Waals surface area contributed by atoms with E-state index in [0.29, 0.717) is 11.8 Å². The average Bonchev–Trinajstić information content (AvgIpc) is 3.18. The standard InChI is InChI=1S/C20H20N2OS/c1-12(2)14-5-7-19-17(10-14)22-20(24-19)8-13(3)15-4-6-18-16(9-15)11-21-23-18/h4-7,9-13H,8H2,1-3H3. The Morgan fingerprint density at radius 1 is 1.04 bits per heavy atom. The van der Waals surface area contributed by atoms with Crippen LogP contribution < -0.4 is 0 Å². The van der Waals surface area contributed by atoms with Crippen molar-refractivity contribution in [3.8, 4) is 0 Å². The zero-order valence-corrected chi connectivity index (χ0v) is 14.9. The topological polar surface area (TPSA) is 38.9 Å². The maximum atomic E-state index is 5.18. The highest BCUT2D eigenvalue weighted by molar-refractivity contribution is 7.18. The number of nitrogens with zero attached hydrogens (tertiary/aromatic N) is 2. The molecule has 0 aliphatic rings. The lowest BCUT2D eigenvalue weighted by atomic mass is 9.97. The van der Waals surface area contributed by atoms with Gasteiger partial charge in [0, 0.05) is 11.8 Å². The van der Waals surface area contributed by atoms with E-state index in [0.717, 1.165) is 22.9 Å². The summed E-state index contributed by atoms with van der Waals surface area (Å²) < 4.78 is 6.46. The molecule has 122 valence electrons. The van der Waals surface area contributed by atoms with E-state index in [1.807, 2.05) is 6.07 Å². The van der Waals surface area contributed by atoms with Crippen LogP contribution in [0.5, 0.6) is 0 Å². The van der Waals surface area contributed by atoms with Gasteiger partial charge in [0.05, 0.1) is 21.4 Å². The van der Waals surface area contributed by atoms with Crippen molar-refractivity contribution in [2.45, 2.75) is 39.0 Å². The summed E-state index contributed by atoms with van der Waals surface area (Å²) in [6, 6.07) is 13.0. The molecule has 4 aromatic rings. The van der Waals surface area contributed by atoms with Crippen molar-refractivity contribution in [2.24, 2.45) is 0 Å². The quantitative estimate of drug-likeness (QED) is 0.465. The first kappa shape index (κ1) is 15.3. The minimum absolute atomic E-state index is 0.412. The maximum Gasteiger partial charge on any atom is 0.166 e. The molecular formula is C20H20N2OS. The van der Waals surface area contributed by atoms with Crippen molar-refractivity contribution in [1.29, 1.82) is 0 Å². The van der Waals surface area contributed by atoms with Gasteiger partial charge in [0.1, 0.15) is 0 Å². The van der Waals surface area contributed by atoms with Crippen LogP contribution in [0.3, 0.4) is 0 Å². The van der Waals surface area contributed by atoms with E-state index in [-0.39, 0.29) is 0 Å². The SMILES string of the molecule is CC(C)c1ccc2sc(CC(C)c3ccc4oncc4c3)nc2c1. The number of rotatable bonds is 4. The van der Waals surface area contributed by atoms with Gasteiger partial charge in [0.2, 0.25) is 0 Å². The number of aromatic nitrogens is 2. The highest BCUT2D eigenvalue weighted by Crippen LogP contribution is 2.30. The summed E-state index contributed by atoms with van der Waals surface area (Å²) in [4.78, 5) is 4.86. The molecule has 0 fully saturated rings. The summed E-state index contributed by atoms with van der Waals surface area (Å²) in [5.41, 5.74) is 4.62. The first-order chi connectivity index (χ1) is 11.6. The molecule has 3 nitrogen and oxygen atoms in total. The summed E-state index contributed by atoms with van der Waals surface area (Å²) >= 11 is 1.80. The normalized spacial score (nSPS) is 13.2. The van der Waals surface area contributed by atoms with Gasteiger partial charge in [-0.3, -0.25) is 0 Å². The molecule has 1 atom stereocenters. The Morgan fingerprint density at radius 3 is 2.71 bits per heavy atom. The van der Waals surface area contributed by atoms with Crippen LogP contribution in [0.1, 0.15) is 48.7 Å². The van der Waals surface area contributed by atoms with Gasteiger partial charge in [-0.25, -0.2) is 4.98 Å². The molecule has 24 heavy (non-hydrogen) atoms. The minimum Gasteiger partial charge on any atom is -0.356 e. The Morgan fingerprint density at radius 2 is 1.88 bits per heavy atom. The molecule has 2 heterocycles. The third kappa shape index (κ3) is 2.82. The Bertz CT molecular complexity index is 999. The van der Waals surface area contributed by atoms with Crippen LogP contribution in [0.25, 0.3) is 21.2 Å². The molecule has 0 bridgehead atoms. The van der Waals surface area contributed by atoms with Gasteiger partial charge in [0.25, 0.3) is 0 Å². The third-order valence-corrected chi connectivity index (χ3v) is 5.61. The fraction of sp³-hybridized carbons (Fsp3) is 0.300. The van der Waals surface area contributed by atoms with Crippen LogP contribution in [0.4, 0.5) is 0 Å². The molecule has 0 aliphatic carbocycles. The molecular weight excluding hydrogens is 316 g/mol. The van der Waals surface area contributed by atoms with Crippen LogP contribution in [-0.4, -0.2) is 10.1 Å². The van der Waals surface area contributed by atoms with Crippen LogP contribution in [-0.2, 0) is 6.42 Å². The predicted octanol–water partition coefficient (Wildman–Crippen LogP) is 5.91. The van der Waals surface area contributed by atoms with E-state index >= 15 is 0 Å². The molecule has 1 unspecified atom stereocenters. The number of benzene rings is 2. The molecule has 4 rings (SSSR count). The van der Waals surface area contributed by atoms with Gasteiger partial charge in [-0.15, -0.1) is 11.3 Å². The number of fused-ring (bicyclic) bond motifs is 2. The fourth-order valence-electron chi connectivity index (χ4n) is 3.02. The van der Waals surface area contributed by atoms with E-state index < -0.39 is 0 Å². The second-order valence-corrected chi connectivity index (χ2v) is 7.83. The second kappa shape index (κ2) is 6.02. The maximum absolute atomic E-state index is 5.18.